The molecule has 1 aliphatic rings. The number of anilines is 1. The molecule has 0 aliphatic heterocycles. The van der Waals surface area contributed by atoms with E-state index >= 15 is 0 Å². The lowest BCUT2D eigenvalue weighted by Gasteiger charge is -2.49. The van der Waals surface area contributed by atoms with E-state index < -0.39 is 11.7 Å². The third-order valence-electron chi connectivity index (χ3n) is 6.09. The number of terminal acetylenes is 1. The average Bonchev–Trinajstić information content (AvgIpc) is 2.73. The molecule has 8 heteroatoms. The minimum Gasteiger partial charge on any atom is -0.393 e. The highest BCUT2D eigenvalue weighted by molar-refractivity contribution is 5.44. The second-order valence-corrected chi connectivity index (χ2v) is 8.34. The summed E-state index contributed by atoms with van der Waals surface area (Å²) < 4.78 is 39.5. The van der Waals surface area contributed by atoms with Gasteiger partial charge in [-0.3, -0.25) is 0 Å². The summed E-state index contributed by atoms with van der Waals surface area (Å²) >= 11 is 0. The molecule has 1 fully saturated rings. The van der Waals surface area contributed by atoms with Crippen molar-refractivity contribution < 1.29 is 18.3 Å². The van der Waals surface area contributed by atoms with Crippen molar-refractivity contribution in [2.24, 2.45) is 11.3 Å². The largest absolute Gasteiger partial charge is 0.417 e. The van der Waals surface area contributed by atoms with Gasteiger partial charge in [0.25, 0.3) is 0 Å². The summed E-state index contributed by atoms with van der Waals surface area (Å²) in [5.74, 6) is 2.57. The molecule has 1 aromatic carbocycles. The topological polar surface area (TPSA) is 81.8 Å². The van der Waals surface area contributed by atoms with Crippen LogP contribution < -0.4 is 5.32 Å². The van der Waals surface area contributed by atoms with Crippen molar-refractivity contribution in [2.75, 3.05) is 11.9 Å². The summed E-state index contributed by atoms with van der Waals surface area (Å²) in [6.07, 6.45) is 3.24. The molecular formula is C23H23F3N4O. The average molecular weight is 428 g/mol. The van der Waals surface area contributed by atoms with Crippen LogP contribution in [0.25, 0.3) is 0 Å². The second-order valence-electron chi connectivity index (χ2n) is 8.34. The highest BCUT2D eigenvalue weighted by Gasteiger charge is 2.47. The monoisotopic (exact) mass is 428 g/mol. The SMILES string of the molecule is C#Cc1ccc(CCNc2ncc(C#N)c(C[C@@H]3C[C@H](O)C3(C)C)n2)cc1C(F)(F)F. The number of hydrogen-bond donors (Lipinski definition) is 2. The molecule has 2 N–H and O–H groups in total. The van der Waals surface area contributed by atoms with Gasteiger partial charge >= 0.3 is 6.18 Å². The van der Waals surface area contributed by atoms with Crippen LogP contribution in [0.1, 0.15) is 48.2 Å². The molecule has 1 aromatic heterocycles. The Labute approximate surface area is 179 Å². The number of nitrogens with one attached hydrogen (secondary N) is 1. The van der Waals surface area contributed by atoms with Gasteiger partial charge in [-0.1, -0.05) is 25.8 Å². The lowest BCUT2D eigenvalue weighted by atomic mass is 9.58. The molecule has 0 saturated heterocycles. The van der Waals surface area contributed by atoms with Gasteiger partial charge in [-0.15, -0.1) is 6.42 Å². The molecular weight excluding hydrogens is 405 g/mol. The highest BCUT2D eigenvalue weighted by Crippen LogP contribution is 2.47. The molecule has 31 heavy (non-hydrogen) atoms. The number of aromatic nitrogens is 2. The Morgan fingerprint density at radius 3 is 2.65 bits per heavy atom. The van der Waals surface area contributed by atoms with Gasteiger partial charge in [-0.2, -0.15) is 18.4 Å². The molecule has 0 radical (unpaired) electrons. The normalized spacial score (nSPS) is 19.7. The lowest BCUT2D eigenvalue weighted by molar-refractivity contribution is -0.137. The lowest BCUT2D eigenvalue weighted by Crippen LogP contribution is -2.50. The number of nitrogens with zero attached hydrogens (tertiary/aromatic N) is 3. The number of rotatable bonds is 6. The van der Waals surface area contributed by atoms with Gasteiger partial charge in [0.15, 0.2) is 0 Å². The van der Waals surface area contributed by atoms with Gasteiger partial charge < -0.3 is 10.4 Å². The van der Waals surface area contributed by atoms with E-state index in [1.54, 1.807) is 6.07 Å². The Morgan fingerprint density at radius 2 is 2.06 bits per heavy atom. The van der Waals surface area contributed by atoms with Crippen molar-refractivity contribution in [1.29, 1.82) is 5.26 Å². The van der Waals surface area contributed by atoms with E-state index in [-0.39, 0.29) is 23.0 Å². The predicted molar refractivity (Wildman–Crippen MR) is 110 cm³/mol. The first-order chi connectivity index (χ1) is 14.6. The van der Waals surface area contributed by atoms with Crippen LogP contribution in [0.3, 0.4) is 0 Å². The fourth-order valence-electron chi connectivity index (χ4n) is 3.75. The minimum atomic E-state index is -4.51. The third kappa shape index (κ3) is 4.81. The van der Waals surface area contributed by atoms with E-state index in [2.05, 4.69) is 27.3 Å². The smallest absolute Gasteiger partial charge is 0.393 e. The van der Waals surface area contributed by atoms with Crippen molar-refractivity contribution in [2.45, 2.75) is 45.4 Å². The van der Waals surface area contributed by atoms with Gasteiger partial charge in [-0.05, 0) is 48.3 Å². The summed E-state index contributed by atoms with van der Waals surface area (Å²) in [6, 6.07) is 6.02. The highest BCUT2D eigenvalue weighted by atomic mass is 19.4. The fourth-order valence-corrected chi connectivity index (χ4v) is 3.75. The summed E-state index contributed by atoms with van der Waals surface area (Å²) in [5.41, 5.74) is 0.206. The van der Waals surface area contributed by atoms with E-state index in [1.165, 1.54) is 12.3 Å². The second kappa shape index (κ2) is 8.56. The Morgan fingerprint density at radius 1 is 1.32 bits per heavy atom. The van der Waals surface area contributed by atoms with Crippen LogP contribution in [0.4, 0.5) is 19.1 Å². The van der Waals surface area contributed by atoms with Crippen LogP contribution in [0.5, 0.6) is 0 Å². The molecule has 162 valence electrons. The molecule has 2 aromatic rings. The van der Waals surface area contributed by atoms with Gasteiger partial charge in [0.05, 0.1) is 29.1 Å². The zero-order chi connectivity index (χ0) is 22.8. The van der Waals surface area contributed by atoms with Crippen molar-refractivity contribution in [3.8, 4) is 18.4 Å². The van der Waals surface area contributed by atoms with Crippen LogP contribution >= 0.6 is 0 Å². The molecule has 0 bridgehead atoms. The van der Waals surface area contributed by atoms with Gasteiger partial charge in [0.2, 0.25) is 5.95 Å². The summed E-state index contributed by atoms with van der Waals surface area (Å²) in [7, 11) is 0. The molecule has 0 spiro atoms. The zero-order valence-corrected chi connectivity index (χ0v) is 17.3. The van der Waals surface area contributed by atoms with Gasteiger partial charge in [0.1, 0.15) is 6.07 Å². The first-order valence-corrected chi connectivity index (χ1v) is 9.91. The Kier molecular flexibility index (Phi) is 6.24. The molecule has 0 unspecified atom stereocenters. The summed E-state index contributed by atoms with van der Waals surface area (Å²) in [6.45, 7) is 4.28. The molecule has 0 amide bonds. The van der Waals surface area contributed by atoms with Gasteiger partial charge in [0, 0.05) is 12.1 Å². The third-order valence-corrected chi connectivity index (χ3v) is 6.09. The maximum Gasteiger partial charge on any atom is 0.417 e. The summed E-state index contributed by atoms with van der Waals surface area (Å²) in [4.78, 5) is 8.57. The molecule has 5 nitrogen and oxygen atoms in total. The van der Waals surface area contributed by atoms with Gasteiger partial charge in [-0.25, -0.2) is 9.97 Å². The summed E-state index contributed by atoms with van der Waals surface area (Å²) in [5, 5.41) is 22.3. The van der Waals surface area contributed by atoms with Crippen LogP contribution in [0.2, 0.25) is 0 Å². The van der Waals surface area contributed by atoms with E-state index in [9.17, 15) is 23.5 Å². The number of halogens is 3. The molecule has 1 saturated carbocycles. The maximum absolute atomic E-state index is 13.2. The van der Waals surface area contributed by atoms with Crippen LogP contribution in [0, 0.1) is 35.0 Å². The minimum absolute atomic E-state index is 0.187. The zero-order valence-electron chi connectivity index (χ0n) is 17.3. The first-order valence-electron chi connectivity index (χ1n) is 9.91. The van der Waals surface area contributed by atoms with Crippen molar-refractivity contribution in [3.63, 3.8) is 0 Å². The molecule has 1 heterocycles. The van der Waals surface area contributed by atoms with Crippen LogP contribution in [-0.4, -0.2) is 27.7 Å². The Balaban J connectivity index is 1.68. The van der Waals surface area contributed by atoms with E-state index in [0.29, 0.717) is 48.6 Å². The number of nitriles is 1. The number of aliphatic hydroxyl groups excluding tert-OH is 1. The Hall–Kier alpha value is -3.10. The number of alkyl halides is 3. The Bertz CT molecular complexity index is 1050. The standard InChI is InChI=1S/C23H23F3N4O/c1-4-15-6-5-14(9-18(15)23(24,25)26)7-8-28-21-29-13-16(12-27)19(30-21)10-17-11-20(31)22(17,2)3/h1,5-6,9,13,17,20,31H,7-8,10-11H2,2-3H3,(H,28,29,30)/t17-,20+/m1/s1. The quantitative estimate of drug-likeness (QED) is 0.681. The van der Waals surface area contributed by atoms with Crippen molar-refractivity contribution in [1.82, 2.24) is 9.97 Å². The van der Waals surface area contributed by atoms with Crippen molar-refractivity contribution in [3.05, 3.63) is 52.3 Å². The van der Waals surface area contributed by atoms with Crippen molar-refractivity contribution >= 4 is 5.95 Å². The molecule has 2 atom stereocenters. The number of benzene rings is 1. The van der Waals surface area contributed by atoms with E-state index in [0.717, 1.165) is 6.07 Å². The molecule has 3 rings (SSSR count). The van der Waals surface area contributed by atoms with Crippen LogP contribution in [-0.2, 0) is 19.0 Å². The van der Waals surface area contributed by atoms with E-state index in [4.69, 9.17) is 6.42 Å². The number of aliphatic hydroxyl groups is 1. The van der Waals surface area contributed by atoms with Crippen LogP contribution in [0.15, 0.2) is 24.4 Å². The molecule has 1 aliphatic carbocycles. The number of hydrogen-bond acceptors (Lipinski definition) is 5. The van der Waals surface area contributed by atoms with E-state index in [1.807, 2.05) is 13.8 Å². The fraction of sp³-hybridized carbons (Fsp3) is 0.435. The first kappa shape index (κ1) is 22.6. The maximum atomic E-state index is 13.2. The predicted octanol–water partition coefficient (Wildman–Crippen LogP) is 3.95.